The monoisotopic (exact) mass is 487 g/mol. The summed E-state index contributed by atoms with van der Waals surface area (Å²) in [4.78, 5) is 24.2. The smallest absolute Gasteiger partial charge is 0.435 e. The number of para-hydroxylation sites is 1. The van der Waals surface area contributed by atoms with Gasteiger partial charge in [-0.05, 0) is 55.7 Å². The molecular formula is C28H29N3O5. The molecule has 1 aromatic heterocycles. The maximum atomic E-state index is 13.0. The number of nitrogens with two attached hydrogens (primary N) is 1. The summed E-state index contributed by atoms with van der Waals surface area (Å²) in [6, 6.07) is 18.6. The number of aromatic hydroxyl groups is 1. The number of phenols is 1. The van der Waals surface area contributed by atoms with E-state index in [-0.39, 0.29) is 18.6 Å². The number of ether oxygens (including phenoxy) is 1. The van der Waals surface area contributed by atoms with Gasteiger partial charge in [0, 0.05) is 29.5 Å². The van der Waals surface area contributed by atoms with E-state index in [0.29, 0.717) is 28.9 Å². The van der Waals surface area contributed by atoms with E-state index in [1.54, 1.807) is 39.0 Å². The number of aromatic nitrogens is 2. The molecule has 8 nitrogen and oxygen atoms in total. The second-order valence-electron chi connectivity index (χ2n) is 9.65. The Balaban J connectivity index is 1.84. The minimum absolute atomic E-state index is 0.0910. The highest BCUT2D eigenvalue weighted by Crippen LogP contribution is 2.31. The fourth-order valence-electron chi connectivity index (χ4n) is 4.09. The van der Waals surface area contributed by atoms with Crippen molar-refractivity contribution in [2.45, 2.75) is 45.8 Å². The number of hydrogen-bond acceptors (Lipinski definition) is 6. The quantitative estimate of drug-likeness (QED) is 0.354. The number of carbonyl (C=O) groups excluding carboxylic acids is 1. The first-order valence-corrected chi connectivity index (χ1v) is 11.6. The van der Waals surface area contributed by atoms with Gasteiger partial charge in [-0.1, -0.05) is 42.5 Å². The Morgan fingerprint density at radius 1 is 1.00 bits per heavy atom. The number of benzene rings is 3. The predicted octanol–water partition coefficient (Wildman–Crippen LogP) is 4.87. The molecule has 3 aromatic carbocycles. The van der Waals surface area contributed by atoms with Crippen molar-refractivity contribution in [1.82, 2.24) is 9.78 Å². The molecule has 4 N–H and O–H groups in total. The number of carbonyl (C=O) groups is 2. The van der Waals surface area contributed by atoms with Crippen LogP contribution in [-0.2, 0) is 28.9 Å². The normalized spacial score (nSPS) is 11.6. The lowest BCUT2D eigenvalue weighted by atomic mass is 9.98. The number of nitrogens with zero attached hydrogens (tertiary/aromatic N) is 2. The van der Waals surface area contributed by atoms with Crippen molar-refractivity contribution >= 4 is 23.0 Å². The summed E-state index contributed by atoms with van der Waals surface area (Å²) in [7, 11) is 0. The summed E-state index contributed by atoms with van der Waals surface area (Å²) in [6.07, 6.45) is -0.716. The molecule has 0 aliphatic rings. The van der Waals surface area contributed by atoms with Crippen LogP contribution in [0.1, 0.15) is 43.2 Å². The minimum atomic E-state index is -1.04. The second-order valence-corrected chi connectivity index (χ2v) is 9.65. The van der Waals surface area contributed by atoms with Crippen molar-refractivity contribution in [2.75, 3.05) is 0 Å². The van der Waals surface area contributed by atoms with Crippen LogP contribution in [0.2, 0.25) is 0 Å². The Bertz CT molecular complexity index is 1450. The van der Waals surface area contributed by atoms with Gasteiger partial charge in [0.05, 0.1) is 17.6 Å². The summed E-state index contributed by atoms with van der Waals surface area (Å²) in [5.41, 5.74) is 9.95. The largest absolute Gasteiger partial charge is 0.507 e. The van der Waals surface area contributed by atoms with Crippen molar-refractivity contribution in [2.24, 2.45) is 5.73 Å². The predicted molar refractivity (Wildman–Crippen MR) is 137 cm³/mol. The molecule has 0 atom stereocenters. The van der Waals surface area contributed by atoms with Gasteiger partial charge in [0.25, 0.3) is 0 Å². The second kappa shape index (κ2) is 9.83. The molecule has 0 unspecified atom stereocenters. The highest BCUT2D eigenvalue weighted by molar-refractivity contribution is 5.93. The van der Waals surface area contributed by atoms with Crippen molar-refractivity contribution < 1.29 is 24.5 Å². The number of hydrogen-bond donors (Lipinski definition) is 3. The maximum Gasteiger partial charge on any atom is 0.435 e. The van der Waals surface area contributed by atoms with Gasteiger partial charge in [0.1, 0.15) is 11.4 Å². The first-order valence-electron chi connectivity index (χ1n) is 11.6. The summed E-state index contributed by atoms with van der Waals surface area (Å²) in [6.45, 7) is 5.77. The molecule has 186 valence electrons. The van der Waals surface area contributed by atoms with Crippen LogP contribution in [0.15, 0.2) is 60.7 Å². The third kappa shape index (κ3) is 5.39. The SMILES string of the molecule is CC(C)(C)OC(=O)n1nc(Cc2cccc(CC(=O)O)c2O)c2cc(-c3cccc(CN)c3)ccc21. The lowest BCUT2D eigenvalue weighted by Gasteiger charge is -2.19. The van der Waals surface area contributed by atoms with Gasteiger partial charge in [-0.2, -0.15) is 9.78 Å². The molecule has 36 heavy (non-hydrogen) atoms. The average molecular weight is 488 g/mol. The molecule has 0 saturated carbocycles. The summed E-state index contributed by atoms with van der Waals surface area (Å²) in [5, 5.41) is 25.2. The number of carboxylic acid groups (broad SMARTS) is 1. The van der Waals surface area contributed by atoms with Crippen LogP contribution in [0.4, 0.5) is 4.79 Å². The molecule has 0 amide bonds. The van der Waals surface area contributed by atoms with E-state index < -0.39 is 17.7 Å². The first-order chi connectivity index (χ1) is 17.1. The van der Waals surface area contributed by atoms with E-state index in [9.17, 15) is 14.7 Å². The third-order valence-corrected chi connectivity index (χ3v) is 5.72. The molecule has 0 bridgehead atoms. The Kier molecular flexibility index (Phi) is 6.81. The molecule has 0 aliphatic carbocycles. The van der Waals surface area contributed by atoms with Crippen molar-refractivity contribution in [1.29, 1.82) is 0 Å². The van der Waals surface area contributed by atoms with Gasteiger partial charge in [0.2, 0.25) is 0 Å². The third-order valence-electron chi connectivity index (χ3n) is 5.72. The molecule has 0 saturated heterocycles. The number of phenolic OH excluding ortho intramolecular Hbond substituents is 1. The molecule has 0 aliphatic heterocycles. The standard InChI is InChI=1S/C28H29N3O5/c1-28(2,3)36-27(35)31-24-11-10-19(18-7-4-6-17(12-18)16-29)13-22(24)23(30-31)14-20-8-5-9-21(26(20)34)15-25(32)33/h4-13,34H,14-16,29H2,1-3H3,(H,32,33). The van der Waals surface area contributed by atoms with E-state index in [2.05, 4.69) is 5.10 Å². The summed E-state index contributed by atoms with van der Waals surface area (Å²) in [5.74, 6) is -1.13. The molecule has 0 fully saturated rings. The van der Waals surface area contributed by atoms with Crippen molar-refractivity contribution in [3.8, 4) is 16.9 Å². The van der Waals surface area contributed by atoms with E-state index in [4.69, 9.17) is 15.6 Å². The Hall–Kier alpha value is -4.17. The molecule has 4 aromatic rings. The fourth-order valence-corrected chi connectivity index (χ4v) is 4.09. The van der Waals surface area contributed by atoms with Crippen LogP contribution in [0.3, 0.4) is 0 Å². The van der Waals surface area contributed by atoms with Crippen LogP contribution in [0.5, 0.6) is 5.75 Å². The number of aliphatic carboxylic acids is 1. The van der Waals surface area contributed by atoms with E-state index in [1.807, 2.05) is 42.5 Å². The fraction of sp³-hybridized carbons (Fsp3) is 0.250. The number of carboxylic acids is 1. The molecular weight excluding hydrogens is 458 g/mol. The molecule has 0 spiro atoms. The molecule has 4 rings (SSSR count). The summed E-state index contributed by atoms with van der Waals surface area (Å²) >= 11 is 0. The van der Waals surface area contributed by atoms with Gasteiger partial charge in [-0.15, -0.1) is 0 Å². The zero-order valence-electron chi connectivity index (χ0n) is 20.5. The zero-order chi connectivity index (χ0) is 26.0. The van der Waals surface area contributed by atoms with Crippen LogP contribution in [-0.4, -0.2) is 37.7 Å². The Morgan fingerprint density at radius 2 is 1.69 bits per heavy atom. The Labute approximate surface area is 208 Å². The number of fused-ring (bicyclic) bond motifs is 1. The highest BCUT2D eigenvalue weighted by atomic mass is 16.6. The van der Waals surface area contributed by atoms with Crippen LogP contribution >= 0.6 is 0 Å². The lowest BCUT2D eigenvalue weighted by molar-refractivity contribution is -0.136. The van der Waals surface area contributed by atoms with Gasteiger partial charge in [0.15, 0.2) is 0 Å². The lowest BCUT2D eigenvalue weighted by Crippen LogP contribution is -2.27. The molecule has 0 radical (unpaired) electrons. The highest BCUT2D eigenvalue weighted by Gasteiger charge is 2.23. The molecule has 1 heterocycles. The van der Waals surface area contributed by atoms with Crippen LogP contribution in [0.25, 0.3) is 22.0 Å². The van der Waals surface area contributed by atoms with Crippen LogP contribution in [0, 0.1) is 0 Å². The van der Waals surface area contributed by atoms with Gasteiger partial charge >= 0.3 is 12.1 Å². The van der Waals surface area contributed by atoms with Gasteiger partial charge in [-0.25, -0.2) is 4.79 Å². The average Bonchev–Trinajstić information content (AvgIpc) is 3.18. The topological polar surface area (TPSA) is 128 Å². The zero-order valence-corrected chi connectivity index (χ0v) is 20.5. The van der Waals surface area contributed by atoms with Crippen molar-refractivity contribution in [3.05, 3.63) is 83.0 Å². The van der Waals surface area contributed by atoms with E-state index in [0.717, 1.165) is 22.1 Å². The van der Waals surface area contributed by atoms with Gasteiger partial charge in [-0.3, -0.25) is 4.79 Å². The maximum absolute atomic E-state index is 13.0. The Morgan fingerprint density at radius 3 is 2.39 bits per heavy atom. The first kappa shape index (κ1) is 24.9. The van der Waals surface area contributed by atoms with Gasteiger partial charge < -0.3 is 20.7 Å². The van der Waals surface area contributed by atoms with E-state index in [1.165, 1.54) is 4.68 Å². The van der Waals surface area contributed by atoms with Crippen LogP contribution < -0.4 is 5.73 Å². The van der Waals surface area contributed by atoms with Crippen molar-refractivity contribution in [3.63, 3.8) is 0 Å². The van der Waals surface area contributed by atoms with E-state index >= 15 is 0 Å². The number of rotatable bonds is 6. The summed E-state index contributed by atoms with van der Waals surface area (Å²) < 4.78 is 6.79. The molecule has 8 heteroatoms. The minimum Gasteiger partial charge on any atom is -0.507 e.